The Hall–Kier alpha value is -0.850. The number of ether oxygens (including phenoxy) is 1. The second kappa shape index (κ2) is 7.81. The van der Waals surface area contributed by atoms with Crippen LogP contribution in [0.5, 0.6) is 0 Å². The van der Waals surface area contributed by atoms with E-state index < -0.39 is 0 Å². The lowest BCUT2D eigenvalue weighted by Gasteiger charge is -2.11. The summed E-state index contributed by atoms with van der Waals surface area (Å²) in [5, 5.41) is 1.68. The molecule has 126 valence electrons. The van der Waals surface area contributed by atoms with Gasteiger partial charge in [-0.05, 0) is 37.7 Å². The monoisotopic (exact) mass is 352 g/mol. The number of hydrogen-bond acceptors (Lipinski definition) is 5. The normalized spacial score (nSPS) is 14.3. The Balaban J connectivity index is 1.77. The standard InChI is InChI=1S/C17H24N2O2S2/c1-3-4-9-21-10-11-22-17-18-15-14(16(20)19(17)2)12-7-5-6-8-13(12)23-15/h3-11H2,1-2H3. The van der Waals surface area contributed by atoms with Crippen LogP contribution in [0.4, 0.5) is 0 Å². The smallest absolute Gasteiger partial charge is 0.262 e. The Bertz CT molecular complexity index is 736. The quantitative estimate of drug-likeness (QED) is 0.432. The number of fused-ring (bicyclic) bond motifs is 3. The Labute approximate surface area is 145 Å². The van der Waals surface area contributed by atoms with E-state index in [-0.39, 0.29) is 5.56 Å². The third kappa shape index (κ3) is 3.64. The molecule has 0 amide bonds. The van der Waals surface area contributed by atoms with Crippen molar-refractivity contribution in [2.45, 2.75) is 50.6 Å². The van der Waals surface area contributed by atoms with Gasteiger partial charge in [0.15, 0.2) is 5.16 Å². The van der Waals surface area contributed by atoms with E-state index in [0.29, 0.717) is 6.61 Å². The molecule has 0 saturated carbocycles. The van der Waals surface area contributed by atoms with Crippen molar-refractivity contribution in [3.63, 3.8) is 0 Å². The molecule has 2 heterocycles. The minimum Gasteiger partial charge on any atom is -0.381 e. The summed E-state index contributed by atoms with van der Waals surface area (Å²) >= 11 is 3.33. The molecule has 0 unspecified atom stereocenters. The van der Waals surface area contributed by atoms with Gasteiger partial charge in [-0.1, -0.05) is 25.1 Å². The fraction of sp³-hybridized carbons (Fsp3) is 0.647. The topological polar surface area (TPSA) is 44.1 Å². The van der Waals surface area contributed by atoms with Crippen molar-refractivity contribution < 1.29 is 4.74 Å². The van der Waals surface area contributed by atoms with Gasteiger partial charge in [0, 0.05) is 24.3 Å². The van der Waals surface area contributed by atoms with Crippen molar-refractivity contribution in [2.24, 2.45) is 7.05 Å². The summed E-state index contributed by atoms with van der Waals surface area (Å²) < 4.78 is 7.30. The average molecular weight is 353 g/mol. The maximum absolute atomic E-state index is 12.7. The molecule has 2 aromatic heterocycles. The van der Waals surface area contributed by atoms with Gasteiger partial charge in [0.1, 0.15) is 4.83 Å². The zero-order valence-electron chi connectivity index (χ0n) is 13.9. The van der Waals surface area contributed by atoms with Crippen LogP contribution in [0.1, 0.15) is 43.0 Å². The second-order valence-corrected chi connectivity index (χ2v) is 8.11. The van der Waals surface area contributed by atoms with Crippen LogP contribution in [0.2, 0.25) is 0 Å². The van der Waals surface area contributed by atoms with Gasteiger partial charge in [0.05, 0.1) is 12.0 Å². The third-order valence-corrected chi connectivity index (χ3v) is 6.44. The SMILES string of the molecule is CCCCOCCSc1nc2sc3c(c2c(=O)n1C)CCCC3. The first-order chi connectivity index (χ1) is 11.2. The van der Waals surface area contributed by atoms with Crippen LogP contribution in [0, 0.1) is 0 Å². The van der Waals surface area contributed by atoms with E-state index in [2.05, 4.69) is 6.92 Å². The maximum Gasteiger partial charge on any atom is 0.262 e. The summed E-state index contributed by atoms with van der Waals surface area (Å²) in [4.78, 5) is 19.8. The van der Waals surface area contributed by atoms with E-state index in [9.17, 15) is 4.79 Å². The van der Waals surface area contributed by atoms with E-state index in [1.807, 2.05) is 7.05 Å². The summed E-state index contributed by atoms with van der Waals surface area (Å²) in [6.45, 7) is 3.69. The highest BCUT2D eigenvalue weighted by atomic mass is 32.2. The molecule has 1 aliphatic rings. The predicted octanol–water partition coefficient (Wildman–Crippen LogP) is 3.78. The Kier molecular flexibility index (Phi) is 5.77. The molecule has 6 heteroatoms. The van der Waals surface area contributed by atoms with Crippen LogP contribution in [0.25, 0.3) is 10.2 Å². The largest absolute Gasteiger partial charge is 0.381 e. The maximum atomic E-state index is 12.7. The van der Waals surface area contributed by atoms with Crippen LogP contribution in [-0.4, -0.2) is 28.5 Å². The van der Waals surface area contributed by atoms with Crippen molar-refractivity contribution in [3.05, 3.63) is 20.8 Å². The molecule has 1 aliphatic carbocycles. The minimum absolute atomic E-state index is 0.115. The molecule has 0 aliphatic heterocycles. The minimum atomic E-state index is 0.115. The van der Waals surface area contributed by atoms with Crippen molar-refractivity contribution in [1.29, 1.82) is 0 Å². The molecular weight excluding hydrogens is 328 g/mol. The molecular formula is C17H24N2O2S2. The van der Waals surface area contributed by atoms with Crippen LogP contribution >= 0.6 is 23.1 Å². The third-order valence-electron chi connectivity index (χ3n) is 4.26. The van der Waals surface area contributed by atoms with Crippen molar-refractivity contribution >= 4 is 33.3 Å². The summed E-state index contributed by atoms with van der Waals surface area (Å²) in [7, 11) is 1.84. The van der Waals surface area contributed by atoms with Crippen molar-refractivity contribution in [2.75, 3.05) is 19.0 Å². The predicted molar refractivity (Wildman–Crippen MR) is 98.0 cm³/mol. The van der Waals surface area contributed by atoms with E-state index in [0.717, 1.165) is 53.4 Å². The molecule has 0 spiro atoms. The highest BCUT2D eigenvalue weighted by Crippen LogP contribution is 2.34. The lowest BCUT2D eigenvalue weighted by molar-refractivity contribution is 0.147. The zero-order chi connectivity index (χ0) is 16.2. The zero-order valence-corrected chi connectivity index (χ0v) is 15.5. The average Bonchev–Trinajstić information content (AvgIpc) is 2.93. The molecule has 0 saturated heterocycles. The van der Waals surface area contributed by atoms with Gasteiger partial charge in [0.2, 0.25) is 0 Å². The Morgan fingerprint density at radius 2 is 2.13 bits per heavy atom. The molecule has 0 bridgehead atoms. The fourth-order valence-electron chi connectivity index (χ4n) is 2.94. The van der Waals surface area contributed by atoms with Gasteiger partial charge in [-0.25, -0.2) is 4.98 Å². The van der Waals surface area contributed by atoms with Crippen molar-refractivity contribution in [3.8, 4) is 0 Å². The fourth-order valence-corrected chi connectivity index (χ4v) is 5.06. The van der Waals surface area contributed by atoms with Crippen LogP contribution in [-0.2, 0) is 24.6 Å². The van der Waals surface area contributed by atoms with Gasteiger partial charge in [-0.15, -0.1) is 11.3 Å². The van der Waals surface area contributed by atoms with Gasteiger partial charge in [-0.2, -0.15) is 0 Å². The van der Waals surface area contributed by atoms with Crippen LogP contribution < -0.4 is 5.56 Å². The number of thiophene rings is 1. The summed E-state index contributed by atoms with van der Waals surface area (Å²) in [5.74, 6) is 0.834. The molecule has 0 N–H and O–H groups in total. The summed E-state index contributed by atoms with van der Waals surface area (Å²) in [5.41, 5.74) is 1.38. The first kappa shape index (κ1) is 17.0. The van der Waals surface area contributed by atoms with Crippen molar-refractivity contribution in [1.82, 2.24) is 9.55 Å². The molecule has 4 nitrogen and oxygen atoms in total. The molecule has 0 radical (unpaired) electrons. The first-order valence-corrected chi connectivity index (χ1v) is 10.2. The number of aromatic nitrogens is 2. The number of rotatable bonds is 7. The number of aryl methyl sites for hydroxylation is 2. The Morgan fingerprint density at radius 3 is 2.96 bits per heavy atom. The molecule has 0 atom stereocenters. The lowest BCUT2D eigenvalue weighted by Crippen LogP contribution is -2.20. The van der Waals surface area contributed by atoms with E-state index in [4.69, 9.17) is 9.72 Å². The molecule has 23 heavy (non-hydrogen) atoms. The van der Waals surface area contributed by atoms with Gasteiger partial charge in [0.25, 0.3) is 5.56 Å². The molecule has 0 aromatic carbocycles. The van der Waals surface area contributed by atoms with E-state index >= 15 is 0 Å². The Morgan fingerprint density at radius 1 is 1.30 bits per heavy atom. The second-order valence-electron chi connectivity index (χ2n) is 5.96. The van der Waals surface area contributed by atoms with E-state index in [1.54, 1.807) is 27.7 Å². The lowest BCUT2D eigenvalue weighted by atomic mass is 9.97. The van der Waals surface area contributed by atoms with E-state index in [1.165, 1.54) is 23.3 Å². The van der Waals surface area contributed by atoms with Gasteiger partial charge < -0.3 is 4.74 Å². The van der Waals surface area contributed by atoms with Crippen LogP contribution in [0.3, 0.4) is 0 Å². The van der Waals surface area contributed by atoms with Gasteiger partial charge in [-0.3, -0.25) is 9.36 Å². The van der Waals surface area contributed by atoms with Gasteiger partial charge >= 0.3 is 0 Å². The molecule has 3 rings (SSSR count). The number of thioether (sulfide) groups is 1. The van der Waals surface area contributed by atoms with Crippen LogP contribution in [0.15, 0.2) is 9.95 Å². The highest BCUT2D eigenvalue weighted by molar-refractivity contribution is 7.99. The number of hydrogen-bond donors (Lipinski definition) is 0. The number of nitrogens with zero attached hydrogens (tertiary/aromatic N) is 2. The number of unbranched alkanes of at least 4 members (excludes halogenated alkanes) is 1. The first-order valence-electron chi connectivity index (χ1n) is 8.44. The summed E-state index contributed by atoms with van der Waals surface area (Å²) in [6.07, 6.45) is 6.82. The molecule has 0 fully saturated rings. The molecule has 2 aromatic rings. The summed E-state index contributed by atoms with van der Waals surface area (Å²) in [6, 6.07) is 0. The highest BCUT2D eigenvalue weighted by Gasteiger charge is 2.21.